The summed E-state index contributed by atoms with van der Waals surface area (Å²) in [6.45, 7) is 0.739. The zero-order valence-electron chi connectivity index (χ0n) is 18.5. The molecule has 6 nitrogen and oxygen atoms in total. The van der Waals surface area contributed by atoms with E-state index in [1.807, 2.05) is 18.2 Å². The molecule has 1 saturated heterocycles. The van der Waals surface area contributed by atoms with Crippen LogP contribution in [0.15, 0.2) is 42.6 Å². The molecule has 0 aliphatic carbocycles. The molecule has 1 aliphatic rings. The predicted molar refractivity (Wildman–Crippen MR) is 119 cm³/mol. The number of aromatic hydroxyl groups is 1. The molecular formula is C24H20F5N5O. The lowest BCUT2D eigenvalue weighted by Gasteiger charge is -2.24. The van der Waals surface area contributed by atoms with Crippen molar-refractivity contribution in [2.24, 2.45) is 7.05 Å². The number of hydrogen-bond acceptors (Lipinski definition) is 5. The number of hydrogen-bond donors (Lipinski definition) is 1. The van der Waals surface area contributed by atoms with Gasteiger partial charge < -0.3 is 10.0 Å². The van der Waals surface area contributed by atoms with Crippen molar-refractivity contribution in [2.75, 3.05) is 11.4 Å². The highest BCUT2D eigenvalue weighted by molar-refractivity contribution is 5.91. The molecular weight excluding hydrogens is 469 g/mol. The van der Waals surface area contributed by atoms with E-state index in [1.54, 1.807) is 0 Å². The number of aromatic nitrogens is 4. The number of fused-ring (bicyclic) bond motifs is 1. The fourth-order valence-corrected chi connectivity index (χ4v) is 4.56. The van der Waals surface area contributed by atoms with Gasteiger partial charge in [0.1, 0.15) is 5.69 Å². The van der Waals surface area contributed by atoms with E-state index in [0.717, 1.165) is 25.8 Å². The molecule has 0 saturated carbocycles. The van der Waals surface area contributed by atoms with E-state index in [2.05, 4.69) is 32.1 Å². The lowest BCUT2D eigenvalue weighted by molar-refractivity contribution is -0.140. The van der Waals surface area contributed by atoms with Crippen LogP contribution in [-0.2, 0) is 19.6 Å². The van der Waals surface area contributed by atoms with E-state index >= 15 is 0 Å². The molecule has 2 aromatic heterocycles. The lowest BCUT2D eigenvalue weighted by Crippen LogP contribution is -2.32. The summed E-state index contributed by atoms with van der Waals surface area (Å²) >= 11 is 0. The normalized spacial score (nSPS) is 16.4. The van der Waals surface area contributed by atoms with Gasteiger partial charge in [-0.25, -0.2) is 18.4 Å². The Hall–Kier alpha value is -3.76. The van der Waals surface area contributed by atoms with Crippen molar-refractivity contribution in [1.29, 1.82) is 0 Å². The predicted octanol–water partition coefficient (Wildman–Crippen LogP) is 5.24. The van der Waals surface area contributed by atoms with Crippen molar-refractivity contribution in [3.63, 3.8) is 0 Å². The number of rotatable bonds is 4. The Bertz CT molecular complexity index is 1400. The first-order chi connectivity index (χ1) is 16.6. The van der Waals surface area contributed by atoms with E-state index in [0.29, 0.717) is 12.0 Å². The molecule has 0 bridgehead atoms. The highest BCUT2D eigenvalue weighted by atomic mass is 19.4. The van der Waals surface area contributed by atoms with Crippen LogP contribution in [0.2, 0.25) is 0 Å². The third kappa shape index (κ3) is 4.04. The summed E-state index contributed by atoms with van der Waals surface area (Å²) in [4.78, 5) is 11.0. The molecule has 3 heterocycles. The summed E-state index contributed by atoms with van der Waals surface area (Å²) < 4.78 is 69.7. The number of nitrogens with zero attached hydrogens (tertiary/aromatic N) is 5. The Morgan fingerprint density at radius 1 is 1.11 bits per heavy atom. The molecule has 35 heavy (non-hydrogen) atoms. The molecule has 5 rings (SSSR count). The molecule has 11 heteroatoms. The number of alkyl halides is 3. The van der Waals surface area contributed by atoms with Gasteiger partial charge in [-0.1, -0.05) is 30.3 Å². The quantitative estimate of drug-likeness (QED) is 0.397. The van der Waals surface area contributed by atoms with E-state index in [-0.39, 0.29) is 22.8 Å². The van der Waals surface area contributed by atoms with Crippen LogP contribution >= 0.6 is 0 Å². The van der Waals surface area contributed by atoms with E-state index in [9.17, 15) is 27.1 Å². The molecule has 1 fully saturated rings. The highest BCUT2D eigenvalue weighted by Gasteiger charge is 2.38. The van der Waals surface area contributed by atoms with Crippen LogP contribution in [0.5, 0.6) is 5.75 Å². The molecule has 2 aromatic carbocycles. The minimum Gasteiger partial charge on any atom is -0.503 e. The number of aryl methyl sites for hydroxylation is 1. The molecule has 1 atom stereocenters. The summed E-state index contributed by atoms with van der Waals surface area (Å²) in [6, 6.07) is 10.5. The summed E-state index contributed by atoms with van der Waals surface area (Å²) in [7, 11) is 1.51. The average molecular weight is 489 g/mol. The first kappa shape index (κ1) is 23.0. The van der Waals surface area contributed by atoms with Crippen LogP contribution in [0.4, 0.5) is 27.9 Å². The molecule has 1 aliphatic heterocycles. The van der Waals surface area contributed by atoms with E-state index < -0.39 is 34.7 Å². The maximum Gasteiger partial charge on any atom is 0.419 e. The molecule has 0 spiro atoms. The van der Waals surface area contributed by atoms with Crippen molar-refractivity contribution in [3.05, 3.63) is 65.4 Å². The number of phenolic OH excluding ortho intramolecular Hbond substituents is 1. The van der Waals surface area contributed by atoms with Crippen molar-refractivity contribution < 1.29 is 27.1 Å². The fourth-order valence-electron chi connectivity index (χ4n) is 4.56. The zero-order valence-corrected chi connectivity index (χ0v) is 18.5. The average Bonchev–Trinajstić information content (AvgIpc) is 3.41. The summed E-state index contributed by atoms with van der Waals surface area (Å²) in [6.07, 6.45) is -1.06. The second-order valence-electron chi connectivity index (χ2n) is 8.50. The maximum atomic E-state index is 14.7. The van der Waals surface area contributed by atoms with Crippen LogP contribution in [0.1, 0.15) is 24.0 Å². The largest absolute Gasteiger partial charge is 0.503 e. The second kappa shape index (κ2) is 8.47. The molecule has 182 valence electrons. The molecule has 4 aromatic rings. The van der Waals surface area contributed by atoms with Crippen molar-refractivity contribution >= 4 is 17.0 Å². The molecule has 0 amide bonds. The number of halogens is 5. The smallest absolute Gasteiger partial charge is 0.419 e. The highest BCUT2D eigenvalue weighted by Crippen LogP contribution is 2.41. The zero-order chi connectivity index (χ0) is 24.9. The maximum absolute atomic E-state index is 14.7. The monoisotopic (exact) mass is 489 g/mol. The van der Waals surface area contributed by atoms with Gasteiger partial charge in [-0.05, 0) is 30.9 Å². The topological polar surface area (TPSA) is 67.1 Å². The van der Waals surface area contributed by atoms with E-state index in [4.69, 9.17) is 0 Å². The Morgan fingerprint density at radius 3 is 2.57 bits per heavy atom. The van der Waals surface area contributed by atoms with Crippen LogP contribution in [0.3, 0.4) is 0 Å². The van der Waals surface area contributed by atoms with E-state index in [1.165, 1.54) is 23.5 Å². The Kier molecular flexibility index (Phi) is 5.57. The number of benzene rings is 2. The van der Waals surface area contributed by atoms with Gasteiger partial charge in [0, 0.05) is 31.4 Å². The lowest BCUT2D eigenvalue weighted by atomic mass is 10.0. The second-order valence-corrected chi connectivity index (χ2v) is 8.50. The van der Waals surface area contributed by atoms with Crippen molar-refractivity contribution in [2.45, 2.75) is 31.5 Å². The Balaban J connectivity index is 1.55. The van der Waals surface area contributed by atoms with Gasteiger partial charge in [-0.2, -0.15) is 23.3 Å². The van der Waals surface area contributed by atoms with Gasteiger partial charge in [-0.15, -0.1) is 0 Å². The first-order valence-corrected chi connectivity index (χ1v) is 10.9. The third-order valence-corrected chi connectivity index (χ3v) is 6.25. The minimum absolute atomic E-state index is 0.170. The van der Waals surface area contributed by atoms with Gasteiger partial charge in [-0.3, -0.25) is 0 Å². The molecule has 0 unspecified atom stereocenters. The number of anilines is 1. The number of phenols is 1. The van der Waals surface area contributed by atoms with Crippen molar-refractivity contribution in [1.82, 2.24) is 19.7 Å². The first-order valence-electron chi connectivity index (χ1n) is 10.9. The van der Waals surface area contributed by atoms with Gasteiger partial charge in [0.05, 0.1) is 10.9 Å². The van der Waals surface area contributed by atoms with Crippen molar-refractivity contribution in [3.8, 4) is 17.0 Å². The Labute approximate surface area is 196 Å². The van der Waals surface area contributed by atoms with Gasteiger partial charge >= 0.3 is 6.18 Å². The standard InChI is InChI=1S/C24H20F5N5O/c1-33-22-16(20(32-33)15-11-17(24(27,28)29)19(26)21(35)18(15)25)12-30-23(31-22)34-9-5-8-14(34)10-13-6-3-2-4-7-13/h2-4,6-7,11-12,14,35H,5,8-10H2,1H3/t14-/m1/s1. The van der Waals surface area contributed by atoms with Crippen LogP contribution < -0.4 is 4.90 Å². The molecule has 1 N–H and O–H groups in total. The fraction of sp³-hybridized carbons (Fsp3) is 0.292. The summed E-state index contributed by atoms with van der Waals surface area (Å²) in [5.41, 5.74) is -1.26. The summed E-state index contributed by atoms with van der Waals surface area (Å²) in [5.74, 6) is -4.89. The van der Waals surface area contributed by atoms with Gasteiger partial charge in [0.2, 0.25) is 5.95 Å². The van der Waals surface area contributed by atoms with Crippen LogP contribution in [-0.4, -0.2) is 37.4 Å². The van der Waals surface area contributed by atoms with Gasteiger partial charge in [0.25, 0.3) is 0 Å². The van der Waals surface area contributed by atoms with Gasteiger partial charge in [0.15, 0.2) is 23.0 Å². The van der Waals surface area contributed by atoms with Crippen LogP contribution in [0.25, 0.3) is 22.3 Å². The van der Waals surface area contributed by atoms with Crippen LogP contribution in [0, 0.1) is 11.6 Å². The summed E-state index contributed by atoms with van der Waals surface area (Å²) in [5, 5.41) is 14.0. The third-order valence-electron chi connectivity index (χ3n) is 6.25. The minimum atomic E-state index is -5.14. The Morgan fingerprint density at radius 2 is 1.86 bits per heavy atom. The SMILES string of the molecule is Cn1nc(-c2cc(C(F)(F)F)c(F)c(O)c2F)c2cnc(N3CCC[C@@H]3Cc3ccccc3)nc21. The molecule has 0 radical (unpaired) electrons.